The lowest BCUT2D eigenvalue weighted by Gasteiger charge is -2.06. The fourth-order valence-corrected chi connectivity index (χ4v) is 1.83. The Morgan fingerprint density at radius 2 is 1.84 bits per heavy atom. The second-order valence-electron chi connectivity index (χ2n) is 3.91. The first-order chi connectivity index (χ1) is 9.02. The summed E-state index contributed by atoms with van der Waals surface area (Å²) in [6.45, 7) is 0. The lowest BCUT2D eigenvalue weighted by Crippen LogP contribution is -2.03. The third-order valence-electron chi connectivity index (χ3n) is 2.68. The Kier molecular flexibility index (Phi) is 3.71. The number of nitrogens with two attached hydrogens (primary N) is 1. The molecule has 19 heavy (non-hydrogen) atoms. The highest BCUT2D eigenvalue weighted by Gasteiger charge is 2.13. The first kappa shape index (κ1) is 13.4. The number of hydrogen-bond donors (Lipinski definition) is 1. The number of ether oxygens (including phenoxy) is 1. The van der Waals surface area contributed by atoms with Crippen LogP contribution in [0.2, 0.25) is 5.02 Å². The molecule has 0 aromatic heterocycles. The zero-order chi connectivity index (χ0) is 14.0. The molecule has 0 bridgehead atoms. The van der Waals surface area contributed by atoms with E-state index < -0.39 is 5.82 Å². The van der Waals surface area contributed by atoms with Gasteiger partial charge in [0.2, 0.25) is 0 Å². The Bertz CT molecular complexity index is 643. The molecule has 2 aromatic rings. The maximum atomic E-state index is 13.3. The maximum Gasteiger partial charge on any atom is 0.193 e. The summed E-state index contributed by atoms with van der Waals surface area (Å²) >= 11 is 5.88. The highest BCUT2D eigenvalue weighted by Crippen LogP contribution is 2.26. The molecular formula is C14H11ClFNO2. The number of ketones is 1. The Hall–Kier alpha value is -2.07. The predicted octanol–water partition coefficient (Wildman–Crippen LogP) is 3.30. The van der Waals surface area contributed by atoms with Gasteiger partial charge in [0, 0.05) is 11.1 Å². The molecule has 2 aromatic carbocycles. The minimum atomic E-state index is -0.619. The molecule has 0 aliphatic heterocycles. The molecule has 98 valence electrons. The molecule has 0 fully saturated rings. The van der Waals surface area contributed by atoms with Crippen LogP contribution in [-0.4, -0.2) is 12.9 Å². The minimum Gasteiger partial charge on any atom is -0.495 e. The summed E-state index contributed by atoms with van der Waals surface area (Å²) in [6, 6.07) is 8.57. The highest BCUT2D eigenvalue weighted by molar-refractivity contribution is 6.32. The van der Waals surface area contributed by atoms with E-state index in [1.807, 2.05) is 0 Å². The summed E-state index contributed by atoms with van der Waals surface area (Å²) in [5, 5.41) is 0.405. The van der Waals surface area contributed by atoms with Crippen molar-refractivity contribution in [2.24, 2.45) is 0 Å². The van der Waals surface area contributed by atoms with Gasteiger partial charge in [0.1, 0.15) is 11.6 Å². The van der Waals surface area contributed by atoms with Gasteiger partial charge >= 0.3 is 0 Å². The molecule has 3 nitrogen and oxygen atoms in total. The van der Waals surface area contributed by atoms with E-state index in [2.05, 4.69) is 0 Å². The highest BCUT2D eigenvalue weighted by atomic mass is 35.5. The number of nitrogen functional groups attached to an aromatic ring is 1. The molecule has 0 aliphatic carbocycles. The van der Waals surface area contributed by atoms with Crippen LogP contribution >= 0.6 is 11.6 Å². The second-order valence-corrected chi connectivity index (χ2v) is 4.32. The summed E-state index contributed by atoms with van der Waals surface area (Å²) < 4.78 is 18.4. The summed E-state index contributed by atoms with van der Waals surface area (Å²) in [7, 11) is 1.46. The fourth-order valence-electron chi connectivity index (χ4n) is 1.64. The Morgan fingerprint density at radius 3 is 2.47 bits per heavy atom. The zero-order valence-electron chi connectivity index (χ0n) is 10.1. The van der Waals surface area contributed by atoms with Crippen molar-refractivity contribution in [3.05, 3.63) is 58.4 Å². The fraction of sp³-hybridized carbons (Fsp3) is 0.0714. The number of hydrogen-bond acceptors (Lipinski definition) is 3. The number of methoxy groups -OCH3 is 1. The van der Waals surface area contributed by atoms with Crippen molar-refractivity contribution in [1.29, 1.82) is 0 Å². The normalized spacial score (nSPS) is 10.3. The van der Waals surface area contributed by atoms with Gasteiger partial charge in [0.05, 0.1) is 17.8 Å². The van der Waals surface area contributed by atoms with Crippen molar-refractivity contribution in [2.45, 2.75) is 0 Å². The molecule has 2 rings (SSSR count). The van der Waals surface area contributed by atoms with E-state index in [1.165, 1.54) is 25.3 Å². The van der Waals surface area contributed by atoms with Crippen LogP contribution in [0.25, 0.3) is 0 Å². The van der Waals surface area contributed by atoms with Gasteiger partial charge in [-0.1, -0.05) is 11.6 Å². The molecule has 0 radical (unpaired) electrons. The lowest BCUT2D eigenvalue weighted by atomic mass is 10.0. The molecule has 0 aliphatic rings. The van der Waals surface area contributed by atoms with Gasteiger partial charge in [-0.15, -0.1) is 0 Å². The lowest BCUT2D eigenvalue weighted by molar-refractivity contribution is 0.103. The van der Waals surface area contributed by atoms with Gasteiger partial charge in [0.25, 0.3) is 0 Å². The van der Waals surface area contributed by atoms with Gasteiger partial charge < -0.3 is 10.5 Å². The van der Waals surface area contributed by atoms with Crippen molar-refractivity contribution in [2.75, 3.05) is 12.8 Å². The number of benzene rings is 2. The Morgan fingerprint density at radius 1 is 1.21 bits per heavy atom. The summed E-state index contributed by atoms with van der Waals surface area (Å²) in [5.41, 5.74) is 5.96. The van der Waals surface area contributed by atoms with Crippen molar-refractivity contribution in [3.8, 4) is 5.75 Å². The summed E-state index contributed by atoms with van der Waals surface area (Å²) in [4.78, 5) is 12.2. The number of carbonyl (C=O) groups excluding carboxylic acids is 1. The third kappa shape index (κ3) is 2.69. The first-order valence-electron chi connectivity index (χ1n) is 5.46. The monoisotopic (exact) mass is 279 g/mol. The first-order valence-corrected chi connectivity index (χ1v) is 5.84. The van der Waals surface area contributed by atoms with Crippen LogP contribution in [0, 0.1) is 5.82 Å². The molecule has 0 unspecified atom stereocenters. The average Bonchev–Trinajstić information content (AvgIpc) is 2.41. The van der Waals surface area contributed by atoms with Crippen molar-refractivity contribution >= 4 is 23.1 Å². The van der Waals surface area contributed by atoms with Gasteiger partial charge in [-0.25, -0.2) is 4.39 Å². The van der Waals surface area contributed by atoms with Gasteiger partial charge in [0.15, 0.2) is 5.78 Å². The smallest absolute Gasteiger partial charge is 0.193 e. The van der Waals surface area contributed by atoms with Crippen molar-refractivity contribution in [3.63, 3.8) is 0 Å². The maximum absolute atomic E-state index is 13.3. The van der Waals surface area contributed by atoms with Crippen molar-refractivity contribution < 1.29 is 13.9 Å². The molecule has 0 atom stereocenters. The number of halogens is 2. The van der Waals surface area contributed by atoms with E-state index in [9.17, 15) is 9.18 Å². The Balaban J connectivity index is 2.41. The van der Waals surface area contributed by atoms with Crippen LogP contribution in [0.4, 0.5) is 10.1 Å². The standard InChI is InChI=1S/C14H11ClFNO2/c1-19-13-7-9(2-4-10(13)15)14(18)8-3-5-12(17)11(16)6-8/h2-7H,17H2,1H3. The number of anilines is 1. The van der Waals surface area contributed by atoms with Gasteiger partial charge in [-0.05, 0) is 36.4 Å². The summed E-state index contributed by atoms with van der Waals surface area (Å²) in [5.74, 6) is -0.552. The van der Waals surface area contributed by atoms with E-state index in [0.717, 1.165) is 6.07 Å². The topological polar surface area (TPSA) is 52.3 Å². The largest absolute Gasteiger partial charge is 0.495 e. The van der Waals surface area contributed by atoms with Crippen LogP contribution in [0.5, 0.6) is 5.75 Å². The summed E-state index contributed by atoms with van der Waals surface area (Å²) in [6.07, 6.45) is 0. The molecular weight excluding hydrogens is 269 g/mol. The molecule has 0 heterocycles. The van der Waals surface area contributed by atoms with Crippen molar-refractivity contribution in [1.82, 2.24) is 0 Å². The number of rotatable bonds is 3. The number of carbonyl (C=O) groups is 1. The predicted molar refractivity (Wildman–Crippen MR) is 72.2 cm³/mol. The molecule has 2 N–H and O–H groups in total. The second kappa shape index (κ2) is 5.28. The quantitative estimate of drug-likeness (QED) is 0.693. The van der Waals surface area contributed by atoms with E-state index in [1.54, 1.807) is 12.1 Å². The van der Waals surface area contributed by atoms with E-state index in [0.29, 0.717) is 16.3 Å². The zero-order valence-corrected chi connectivity index (χ0v) is 10.9. The third-order valence-corrected chi connectivity index (χ3v) is 2.99. The molecule has 0 saturated carbocycles. The molecule has 0 saturated heterocycles. The van der Waals surface area contributed by atoms with E-state index >= 15 is 0 Å². The van der Waals surface area contributed by atoms with Crippen LogP contribution in [0.1, 0.15) is 15.9 Å². The Labute approximate surface area is 114 Å². The minimum absolute atomic E-state index is 0.00485. The van der Waals surface area contributed by atoms with E-state index in [4.69, 9.17) is 22.1 Å². The van der Waals surface area contributed by atoms with Gasteiger partial charge in [-0.2, -0.15) is 0 Å². The molecule has 0 amide bonds. The molecule has 0 spiro atoms. The van der Waals surface area contributed by atoms with Crippen LogP contribution in [0.15, 0.2) is 36.4 Å². The SMILES string of the molecule is COc1cc(C(=O)c2ccc(N)c(F)c2)ccc1Cl. The van der Waals surface area contributed by atoms with Gasteiger partial charge in [-0.3, -0.25) is 4.79 Å². The van der Waals surface area contributed by atoms with Crippen LogP contribution in [-0.2, 0) is 0 Å². The van der Waals surface area contributed by atoms with Crippen LogP contribution in [0.3, 0.4) is 0 Å². The average molecular weight is 280 g/mol. The van der Waals surface area contributed by atoms with Crippen LogP contribution < -0.4 is 10.5 Å². The van der Waals surface area contributed by atoms with E-state index in [-0.39, 0.29) is 17.0 Å². The molecule has 5 heteroatoms.